The molecule has 0 amide bonds. The molecule has 0 aromatic heterocycles. The van der Waals surface area contributed by atoms with E-state index in [-0.39, 0.29) is 6.61 Å². The second-order valence-corrected chi connectivity index (χ2v) is 10.9. The smallest absolute Gasteiger partial charge is 0.343 e. The molecule has 10 heteroatoms. The molecule has 0 saturated carbocycles. The van der Waals surface area contributed by atoms with Crippen LogP contribution in [0.3, 0.4) is 0 Å². The summed E-state index contributed by atoms with van der Waals surface area (Å²) in [5.41, 5.74) is 1.53. The number of hydrogen-bond acceptors (Lipinski definition) is 10. The van der Waals surface area contributed by atoms with Gasteiger partial charge in [-0.1, -0.05) is 25.3 Å². The Morgan fingerprint density at radius 1 is 0.469 bits per heavy atom. The summed E-state index contributed by atoms with van der Waals surface area (Å²) in [6.07, 6.45) is 9.39. The summed E-state index contributed by atoms with van der Waals surface area (Å²) in [5, 5.41) is 0. The van der Waals surface area contributed by atoms with Gasteiger partial charge in [-0.05, 0) is 118 Å². The van der Waals surface area contributed by atoms with Gasteiger partial charge in [0.1, 0.15) is 23.9 Å². The Balaban J connectivity index is 1.29. The van der Waals surface area contributed by atoms with Crippen molar-refractivity contribution in [1.82, 2.24) is 0 Å². The van der Waals surface area contributed by atoms with Gasteiger partial charge in [0, 0.05) is 12.2 Å². The molecular weight excluding hydrogens is 628 g/mol. The van der Waals surface area contributed by atoms with E-state index in [4.69, 9.17) is 28.4 Å². The Hall–Kier alpha value is -5.38. The number of unbranched alkanes of at least 4 members (excludes halogenated alkanes) is 6. The normalized spacial score (nSPS) is 10.4. The minimum atomic E-state index is -0.501. The first-order chi connectivity index (χ1) is 23.9. The largest absolute Gasteiger partial charge is 0.494 e. The standard InChI is InChI=1S/C39H44O10/c1-3-36(40)46-27-11-7-5-9-25-44-33-21-15-31(16-22-33)38(42)48-29-30-13-19-35(20-14-30)49-39(43)32-17-23-34(24-18-32)45-26-10-6-8-12-28-47-37(41)4-2/h3-4,13-24H,1-2,5-12,25-29H2. The molecule has 0 unspecified atom stereocenters. The van der Waals surface area contributed by atoms with Gasteiger partial charge >= 0.3 is 23.9 Å². The Kier molecular flexibility index (Phi) is 17.3. The zero-order valence-electron chi connectivity index (χ0n) is 27.8. The second kappa shape index (κ2) is 22.2. The van der Waals surface area contributed by atoms with E-state index in [1.165, 1.54) is 0 Å². The van der Waals surface area contributed by atoms with E-state index < -0.39 is 23.9 Å². The molecule has 0 spiro atoms. The van der Waals surface area contributed by atoms with Crippen LogP contribution in [0.4, 0.5) is 0 Å². The van der Waals surface area contributed by atoms with Gasteiger partial charge < -0.3 is 28.4 Å². The summed E-state index contributed by atoms with van der Waals surface area (Å²) in [5.74, 6) is -0.0844. The molecule has 0 saturated heterocycles. The average Bonchev–Trinajstić information content (AvgIpc) is 3.13. The predicted octanol–water partition coefficient (Wildman–Crippen LogP) is 7.60. The SMILES string of the molecule is C=CC(=O)OCCCCCCOc1ccc(C(=O)OCc2ccc(OC(=O)c3ccc(OCCCCCCOC(=O)C=C)cc3)cc2)cc1. The van der Waals surface area contributed by atoms with E-state index in [2.05, 4.69) is 13.2 Å². The van der Waals surface area contributed by atoms with Crippen LogP contribution in [0.25, 0.3) is 0 Å². The topological polar surface area (TPSA) is 124 Å². The van der Waals surface area contributed by atoms with E-state index in [9.17, 15) is 19.2 Å². The molecular formula is C39H44O10. The fourth-order valence-corrected chi connectivity index (χ4v) is 4.39. The molecule has 0 aliphatic carbocycles. The monoisotopic (exact) mass is 672 g/mol. The summed E-state index contributed by atoms with van der Waals surface area (Å²) in [6, 6.07) is 20.3. The van der Waals surface area contributed by atoms with Crippen molar-refractivity contribution in [1.29, 1.82) is 0 Å². The molecule has 0 heterocycles. The lowest BCUT2D eigenvalue weighted by Gasteiger charge is -2.09. The summed E-state index contributed by atoms with van der Waals surface area (Å²) < 4.78 is 32.3. The van der Waals surface area contributed by atoms with Crippen LogP contribution in [0.1, 0.15) is 77.6 Å². The van der Waals surface area contributed by atoms with Gasteiger partial charge in [0.2, 0.25) is 0 Å². The van der Waals surface area contributed by atoms with Crippen molar-refractivity contribution in [2.24, 2.45) is 0 Å². The van der Waals surface area contributed by atoms with Gasteiger partial charge in [0.05, 0.1) is 37.6 Å². The predicted molar refractivity (Wildman–Crippen MR) is 184 cm³/mol. The highest BCUT2D eigenvalue weighted by Crippen LogP contribution is 2.19. The van der Waals surface area contributed by atoms with Gasteiger partial charge in [-0.25, -0.2) is 19.2 Å². The Labute approximate surface area is 287 Å². The molecule has 0 radical (unpaired) electrons. The van der Waals surface area contributed by atoms with Crippen molar-refractivity contribution in [3.63, 3.8) is 0 Å². The zero-order valence-corrected chi connectivity index (χ0v) is 27.8. The third-order valence-electron chi connectivity index (χ3n) is 7.12. The number of esters is 4. The lowest BCUT2D eigenvalue weighted by Crippen LogP contribution is -2.09. The molecule has 49 heavy (non-hydrogen) atoms. The second-order valence-electron chi connectivity index (χ2n) is 10.9. The first-order valence-corrected chi connectivity index (χ1v) is 16.4. The molecule has 0 bridgehead atoms. The van der Waals surface area contributed by atoms with Gasteiger partial charge in [0.15, 0.2) is 0 Å². The maximum absolute atomic E-state index is 12.6. The van der Waals surface area contributed by atoms with Crippen LogP contribution in [0, 0.1) is 0 Å². The van der Waals surface area contributed by atoms with Crippen LogP contribution in [0.5, 0.6) is 17.2 Å². The summed E-state index contributed by atoms with van der Waals surface area (Å²) >= 11 is 0. The highest BCUT2D eigenvalue weighted by Gasteiger charge is 2.11. The third kappa shape index (κ3) is 15.4. The number of carbonyl (C=O) groups excluding carboxylic acids is 4. The summed E-state index contributed by atoms with van der Waals surface area (Å²) in [6.45, 7) is 8.65. The number of carbonyl (C=O) groups is 4. The number of hydrogen-bond donors (Lipinski definition) is 0. The molecule has 0 N–H and O–H groups in total. The molecule has 3 aromatic rings. The number of rotatable bonds is 23. The minimum absolute atomic E-state index is 0.0602. The molecule has 0 aliphatic rings. The molecule has 10 nitrogen and oxygen atoms in total. The van der Waals surface area contributed by atoms with E-state index in [1.54, 1.807) is 72.8 Å². The van der Waals surface area contributed by atoms with Crippen LogP contribution in [0.2, 0.25) is 0 Å². The average molecular weight is 673 g/mol. The highest BCUT2D eigenvalue weighted by molar-refractivity contribution is 5.91. The first kappa shape index (κ1) is 38.1. The molecule has 0 aliphatic heterocycles. The van der Waals surface area contributed by atoms with E-state index in [0.29, 0.717) is 54.8 Å². The quantitative estimate of drug-likeness (QED) is 0.0327. The van der Waals surface area contributed by atoms with Crippen molar-refractivity contribution in [2.75, 3.05) is 26.4 Å². The van der Waals surface area contributed by atoms with Crippen LogP contribution < -0.4 is 14.2 Å². The molecule has 260 valence electrons. The first-order valence-electron chi connectivity index (χ1n) is 16.4. The number of ether oxygens (including phenoxy) is 6. The van der Waals surface area contributed by atoms with Crippen molar-refractivity contribution in [2.45, 2.75) is 58.0 Å². The molecule has 3 rings (SSSR count). The molecule has 0 atom stereocenters. The Morgan fingerprint density at radius 2 is 0.878 bits per heavy atom. The van der Waals surface area contributed by atoms with Crippen molar-refractivity contribution < 1.29 is 47.6 Å². The summed E-state index contributed by atoms with van der Waals surface area (Å²) in [7, 11) is 0. The maximum Gasteiger partial charge on any atom is 0.343 e. The van der Waals surface area contributed by atoms with Crippen LogP contribution >= 0.6 is 0 Å². The Morgan fingerprint density at radius 3 is 1.33 bits per heavy atom. The third-order valence-corrected chi connectivity index (χ3v) is 7.12. The zero-order chi connectivity index (χ0) is 35.1. The lowest BCUT2D eigenvalue weighted by molar-refractivity contribution is -0.138. The van der Waals surface area contributed by atoms with E-state index in [0.717, 1.165) is 69.1 Å². The van der Waals surface area contributed by atoms with Gasteiger partial charge in [-0.2, -0.15) is 0 Å². The van der Waals surface area contributed by atoms with Crippen molar-refractivity contribution in [3.05, 3.63) is 115 Å². The fraction of sp³-hybridized carbons (Fsp3) is 0.333. The summed E-state index contributed by atoms with van der Waals surface area (Å²) in [4.78, 5) is 47.1. The van der Waals surface area contributed by atoms with E-state index >= 15 is 0 Å². The van der Waals surface area contributed by atoms with Crippen LogP contribution in [-0.2, 0) is 30.4 Å². The van der Waals surface area contributed by atoms with E-state index in [1.807, 2.05) is 0 Å². The van der Waals surface area contributed by atoms with Gasteiger partial charge in [-0.3, -0.25) is 0 Å². The molecule has 0 fully saturated rings. The minimum Gasteiger partial charge on any atom is -0.494 e. The van der Waals surface area contributed by atoms with Gasteiger partial charge in [0.25, 0.3) is 0 Å². The maximum atomic E-state index is 12.6. The Bertz CT molecular complexity index is 1480. The van der Waals surface area contributed by atoms with Crippen molar-refractivity contribution in [3.8, 4) is 17.2 Å². The lowest BCUT2D eigenvalue weighted by atomic mass is 10.2. The van der Waals surface area contributed by atoms with Crippen molar-refractivity contribution >= 4 is 23.9 Å². The van der Waals surface area contributed by atoms with Crippen LogP contribution in [-0.4, -0.2) is 50.3 Å². The van der Waals surface area contributed by atoms with Gasteiger partial charge in [-0.15, -0.1) is 0 Å². The highest BCUT2D eigenvalue weighted by atomic mass is 16.5. The number of benzene rings is 3. The molecule has 3 aromatic carbocycles. The van der Waals surface area contributed by atoms with Crippen LogP contribution in [0.15, 0.2) is 98.1 Å². The fourth-order valence-electron chi connectivity index (χ4n) is 4.39.